The number of nitrogens with zero attached hydrogens (tertiary/aromatic N) is 1. The number of piperidine rings is 1. The van der Waals surface area contributed by atoms with Gasteiger partial charge in [0.1, 0.15) is 11.9 Å². The zero-order chi connectivity index (χ0) is 22.0. The molecule has 1 heterocycles. The summed E-state index contributed by atoms with van der Waals surface area (Å²) >= 11 is 0. The Kier molecular flexibility index (Phi) is 8.18. The number of hydrogen-bond donors (Lipinski definition) is 2. The minimum absolute atomic E-state index is 0.0271. The smallest absolute Gasteiger partial charge is 0.143 e. The second kappa shape index (κ2) is 11.7. The van der Waals surface area contributed by atoms with Crippen molar-refractivity contribution in [2.24, 2.45) is 0 Å². The van der Waals surface area contributed by atoms with E-state index in [0.29, 0.717) is 6.04 Å². The third-order valence-corrected chi connectivity index (χ3v) is 6.18. The van der Waals surface area contributed by atoms with Crippen molar-refractivity contribution in [1.82, 2.24) is 10.2 Å². The maximum atomic E-state index is 6.56. The Hall–Kier alpha value is -2.82. The first-order valence-electron chi connectivity index (χ1n) is 11.8. The number of anilines is 1. The molecule has 0 aliphatic carbocycles. The fourth-order valence-electron chi connectivity index (χ4n) is 4.38. The van der Waals surface area contributed by atoms with Crippen LogP contribution in [0.3, 0.4) is 0 Å². The quantitative estimate of drug-likeness (QED) is 0.447. The average molecular weight is 430 g/mol. The van der Waals surface area contributed by atoms with Crippen LogP contribution in [0.2, 0.25) is 0 Å². The molecule has 0 radical (unpaired) electrons. The van der Waals surface area contributed by atoms with E-state index in [0.717, 1.165) is 56.9 Å². The van der Waals surface area contributed by atoms with Crippen LogP contribution in [0.25, 0.3) is 0 Å². The zero-order valence-electron chi connectivity index (χ0n) is 19.0. The van der Waals surface area contributed by atoms with Gasteiger partial charge in [0.2, 0.25) is 0 Å². The number of likely N-dealkylation sites (tertiary alicyclic amines) is 1. The van der Waals surface area contributed by atoms with Crippen molar-refractivity contribution in [2.45, 2.75) is 38.0 Å². The van der Waals surface area contributed by atoms with E-state index >= 15 is 0 Å². The zero-order valence-corrected chi connectivity index (χ0v) is 19.0. The second-order valence-electron chi connectivity index (χ2n) is 8.59. The molecule has 0 amide bonds. The topological polar surface area (TPSA) is 36.5 Å². The fraction of sp³-hybridized carbons (Fsp3) is 0.357. The normalized spacial score (nSPS) is 15.9. The second-order valence-corrected chi connectivity index (χ2v) is 8.59. The van der Waals surface area contributed by atoms with Gasteiger partial charge in [-0.15, -0.1) is 0 Å². The molecule has 1 aliphatic heterocycles. The van der Waals surface area contributed by atoms with Gasteiger partial charge >= 0.3 is 0 Å². The van der Waals surface area contributed by atoms with Crippen LogP contribution in [0.5, 0.6) is 5.75 Å². The number of ether oxygens (including phenoxy) is 1. The molecule has 32 heavy (non-hydrogen) atoms. The highest BCUT2D eigenvalue weighted by atomic mass is 16.5. The lowest BCUT2D eigenvalue weighted by molar-refractivity contribution is 0.194. The van der Waals surface area contributed by atoms with Crippen molar-refractivity contribution in [3.8, 4) is 5.75 Å². The Morgan fingerprint density at radius 1 is 0.875 bits per heavy atom. The molecule has 1 unspecified atom stereocenters. The van der Waals surface area contributed by atoms with E-state index in [4.69, 9.17) is 4.74 Å². The summed E-state index contributed by atoms with van der Waals surface area (Å²) in [5.74, 6) is 0.934. The Labute approximate surface area is 192 Å². The molecule has 0 bridgehead atoms. The van der Waals surface area contributed by atoms with Gasteiger partial charge in [0.15, 0.2) is 0 Å². The van der Waals surface area contributed by atoms with Gasteiger partial charge in [0.25, 0.3) is 0 Å². The molecule has 1 saturated heterocycles. The average Bonchev–Trinajstić information content (AvgIpc) is 2.85. The van der Waals surface area contributed by atoms with Gasteiger partial charge in [-0.1, -0.05) is 72.8 Å². The first kappa shape index (κ1) is 22.4. The highest BCUT2D eigenvalue weighted by molar-refractivity contribution is 5.57. The molecular formula is C28H35N3O. The van der Waals surface area contributed by atoms with Crippen LogP contribution in [-0.4, -0.2) is 37.6 Å². The van der Waals surface area contributed by atoms with Crippen LogP contribution >= 0.6 is 0 Å². The largest absolute Gasteiger partial charge is 0.484 e. The summed E-state index contributed by atoms with van der Waals surface area (Å²) < 4.78 is 6.56. The highest BCUT2D eigenvalue weighted by Crippen LogP contribution is 2.32. The maximum absolute atomic E-state index is 6.56. The van der Waals surface area contributed by atoms with Crippen LogP contribution in [0, 0.1) is 0 Å². The lowest BCUT2D eigenvalue weighted by atomic mass is 10.0. The first-order chi connectivity index (χ1) is 15.8. The van der Waals surface area contributed by atoms with Crippen LogP contribution < -0.4 is 15.4 Å². The van der Waals surface area contributed by atoms with Crippen molar-refractivity contribution in [1.29, 1.82) is 0 Å². The molecule has 0 spiro atoms. The summed E-state index contributed by atoms with van der Waals surface area (Å²) in [6.07, 6.45) is 3.23. The van der Waals surface area contributed by atoms with Gasteiger partial charge in [0.05, 0.1) is 5.69 Å². The first-order valence-corrected chi connectivity index (χ1v) is 11.8. The Balaban J connectivity index is 1.37. The maximum Gasteiger partial charge on any atom is 0.143 e. The highest BCUT2D eigenvalue weighted by Gasteiger charge is 2.21. The van der Waals surface area contributed by atoms with Crippen molar-refractivity contribution in [3.63, 3.8) is 0 Å². The minimum Gasteiger partial charge on any atom is -0.484 e. The lowest BCUT2D eigenvalue weighted by Gasteiger charge is -2.33. The number of hydrogen-bond acceptors (Lipinski definition) is 4. The summed E-state index contributed by atoms with van der Waals surface area (Å²) in [6.45, 7) is 4.18. The standard InChI is InChI=1S/C28H35N3O/c1-29-19-16-27(24-12-6-3-7-13-24)32-28-15-9-8-14-26(28)30-25-17-20-31(21-18-25)22-23-10-4-2-5-11-23/h2-15,25,27,29-30H,16-22H2,1H3. The molecule has 1 fully saturated rings. The van der Waals surface area contributed by atoms with Crippen LogP contribution in [0.4, 0.5) is 5.69 Å². The Morgan fingerprint density at radius 3 is 2.25 bits per heavy atom. The predicted octanol–water partition coefficient (Wildman–Crippen LogP) is 5.49. The summed E-state index contributed by atoms with van der Waals surface area (Å²) in [6, 6.07) is 30.1. The molecular weight excluding hydrogens is 394 g/mol. The molecule has 1 aliphatic rings. The van der Waals surface area contributed by atoms with Crippen molar-refractivity contribution in [3.05, 3.63) is 96.1 Å². The van der Waals surface area contributed by atoms with E-state index in [-0.39, 0.29) is 6.10 Å². The monoisotopic (exact) mass is 429 g/mol. The fourth-order valence-corrected chi connectivity index (χ4v) is 4.38. The number of nitrogens with one attached hydrogen (secondary N) is 2. The summed E-state index contributed by atoms with van der Waals surface area (Å²) in [4.78, 5) is 2.55. The van der Waals surface area contributed by atoms with E-state index in [1.54, 1.807) is 0 Å². The molecule has 2 N–H and O–H groups in total. The lowest BCUT2D eigenvalue weighted by Crippen LogP contribution is -2.38. The van der Waals surface area contributed by atoms with E-state index in [9.17, 15) is 0 Å². The van der Waals surface area contributed by atoms with Crippen molar-refractivity contribution < 1.29 is 4.74 Å². The molecule has 3 aromatic rings. The third-order valence-electron chi connectivity index (χ3n) is 6.18. The SMILES string of the molecule is CNCCC(Oc1ccccc1NC1CCN(Cc2ccccc2)CC1)c1ccccc1. The molecule has 0 aromatic heterocycles. The molecule has 1 atom stereocenters. The van der Waals surface area contributed by atoms with Gasteiger partial charge in [-0.2, -0.15) is 0 Å². The molecule has 4 heteroatoms. The summed E-state index contributed by atoms with van der Waals surface area (Å²) in [7, 11) is 1.99. The van der Waals surface area contributed by atoms with E-state index in [2.05, 4.69) is 100 Å². The number of para-hydroxylation sites is 2. The van der Waals surface area contributed by atoms with Crippen LogP contribution in [-0.2, 0) is 6.54 Å². The van der Waals surface area contributed by atoms with Gasteiger partial charge in [-0.25, -0.2) is 0 Å². The van der Waals surface area contributed by atoms with Crippen molar-refractivity contribution in [2.75, 3.05) is 32.0 Å². The number of rotatable bonds is 10. The third kappa shape index (κ3) is 6.35. The molecule has 3 aromatic carbocycles. The van der Waals surface area contributed by atoms with E-state index < -0.39 is 0 Å². The molecule has 168 valence electrons. The summed E-state index contributed by atoms with van der Waals surface area (Å²) in [5.41, 5.74) is 3.71. The van der Waals surface area contributed by atoms with Crippen molar-refractivity contribution >= 4 is 5.69 Å². The Bertz CT molecular complexity index is 924. The van der Waals surface area contributed by atoms with Crippen LogP contribution in [0.1, 0.15) is 36.5 Å². The molecule has 4 rings (SSSR count). The minimum atomic E-state index is 0.0271. The molecule has 0 saturated carbocycles. The van der Waals surface area contributed by atoms with Gasteiger partial charge < -0.3 is 15.4 Å². The van der Waals surface area contributed by atoms with E-state index in [1.165, 1.54) is 11.1 Å². The number of benzene rings is 3. The van der Waals surface area contributed by atoms with Gasteiger partial charge in [-0.05, 0) is 49.7 Å². The van der Waals surface area contributed by atoms with E-state index in [1.807, 2.05) is 7.05 Å². The summed E-state index contributed by atoms with van der Waals surface area (Å²) in [5, 5.41) is 7.03. The van der Waals surface area contributed by atoms with Gasteiger partial charge in [0, 0.05) is 32.1 Å². The Morgan fingerprint density at radius 2 is 1.53 bits per heavy atom. The van der Waals surface area contributed by atoms with Gasteiger partial charge in [-0.3, -0.25) is 4.90 Å². The molecule has 4 nitrogen and oxygen atoms in total. The van der Waals surface area contributed by atoms with Crippen LogP contribution in [0.15, 0.2) is 84.9 Å². The predicted molar refractivity (Wildman–Crippen MR) is 133 cm³/mol.